The van der Waals surface area contributed by atoms with Crippen LogP contribution >= 0.6 is 15.9 Å². The van der Waals surface area contributed by atoms with Crippen LogP contribution in [-0.2, 0) is 11.9 Å². The number of methoxy groups -OCH3 is 1. The minimum absolute atomic E-state index is 0.321. The van der Waals surface area contributed by atoms with Gasteiger partial charge in [-0.1, -0.05) is 28.1 Å². The zero-order chi connectivity index (χ0) is 12.8. The number of rotatable bonds is 5. The molecule has 0 N–H and O–H groups in total. The summed E-state index contributed by atoms with van der Waals surface area (Å²) in [6, 6.07) is 7.56. The summed E-state index contributed by atoms with van der Waals surface area (Å²) < 4.78 is 11.0. The number of ether oxygens (including phenoxy) is 2. The number of nitrogens with zero attached hydrogens (tertiary/aromatic N) is 2. The molecule has 1 aromatic heterocycles. The van der Waals surface area contributed by atoms with Gasteiger partial charge in [0.1, 0.15) is 6.61 Å². The van der Waals surface area contributed by atoms with Crippen molar-refractivity contribution in [2.24, 2.45) is 0 Å². The van der Waals surface area contributed by atoms with Gasteiger partial charge in [0.05, 0.1) is 7.11 Å². The largest absolute Gasteiger partial charge is 0.493 e. The van der Waals surface area contributed by atoms with E-state index in [1.165, 1.54) is 0 Å². The van der Waals surface area contributed by atoms with Crippen LogP contribution in [0, 0.1) is 0 Å². The molecule has 0 aliphatic rings. The molecule has 1 aromatic carbocycles. The topological polar surface area (TPSA) is 44.2 Å². The molecule has 0 bridgehead atoms. The molecule has 0 aliphatic carbocycles. The summed E-state index contributed by atoms with van der Waals surface area (Å²) >= 11 is 3.43. The second kappa shape index (κ2) is 6.35. The minimum atomic E-state index is 0.321. The molecule has 2 aromatic rings. The first kappa shape index (κ1) is 12.8. The molecule has 0 spiro atoms. The molecule has 0 saturated heterocycles. The Morgan fingerprint density at radius 1 is 1.17 bits per heavy atom. The molecular weight excluding hydrogens is 296 g/mol. The van der Waals surface area contributed by atoms with Gasteiger partial charge in [0.2, 0.25) is 0 Å². The lowest BCUT2D eigenvalue weighted by Crippen LogP contribution is -2.03. The lowest BCUT2D eigenvalue weighted by atomic mass is 10.2. The van der Waals surface area contributed by atoms with Crippen molar-refractivity contribution in [3.63, 3.8) is 0 Å². The van der Waals surface area contributed by atoms with E-state index in [0.29, 0.717) is 23.5 Å². The fraction of sp³-hybridized carbons (Fsp3) is 0.231. The van der Waals surface area contributed by atoms with E-state index < -0.39 is 0 Å². The maximum absolute atomic E-state index is 5.76. The van der Waals surface area contributed by atoms with Crippen LogP contribution in [0.1, 0.15) is 11.4 Å². The van der Waals surface area contributed by atoms with E-state index in [2.05, 4.69) is 25.9 Å². The van der Waals surface area contributed by atoms with Gasteiger partial charge in [0.25, 0.3) is 0 Å². The van der Waals surface area contributed by atoms with E-state index in [-0.39, 0.29) is 0 Å². The number of benzene rings is 1. The van der Waals surface area contributed by atoms with Crippen LogP contribution in [0.2, 0.25) is 0 Å². The number of halogens is 1. The monoisotopic (exact) mass is 308 g/mol. The third-order valence-corrected chi connectivity index (χ3v) is 2.99. The van der Waals surface area contributed by atoms with E-state index >= 15 is 0 Å². The van der Waals surface area contributed by atoms with Crippen LogP contribution in [0.4, 0.5) is 0 Å². The van der Waals surface area contributed by atoms with Crippen LogP contribution in [-0.4, -0.2) is 17.1 Å². The highest BCUT2D eigenvalue weighted by Gasteiger charge is 2.10. The van der Waals surface area contributed by atoms with Gasteiger partial charge in [-0.05, 0) is 12.1 Å². The number of aromatic nitrogens is 2. The third kappa shape index (κ3) is 2.98. The van der Waals surface area contributed by atoms with Crippen LogP contribution < -0.4 is 9.47 Å². The van der Waals surface area contributed by atoms with Gasteiger partial charge < -0.3 is 9.47 Å². The summed E-state index contributed by atoms with van der Waals surface area (Å²) in [5, 5.41) is 0.704. The quantitative estimate of drug-likeness (QED) is 0.797. The standard InChI is InChI=1S/C13H13BrN2O2/c1-17-11-5-2-4-10(8-14)13(11)18-9-12-15-6-3-7-16-12/h2-7H,8-9H2,1H3. The Balaban J connectivity index is 2.17. The maximum Gasteiger partial charge on any atom is 0.166 e. The molecule has 1 heterocycles. The molecule has 94 valence electrons. The third-order valence-electron chi connectivity index (χ3n) is 2.39. The summed E-state index contributed by atoms with van der Waals surface area (Å²) in [4.78, 5) is 8.23. The highest BCUT2D eigenvalue weighted by Crippen LogP contribution is 2.32. The smallest absolute Gasteiger partial charge is 0.166 e. The van der Waals surface area contributed by atoms with Crippen molar-refractivity contribution in [2.75, 3.05) is 7.11 Å². The molecule has 0 aliphatic heterocycles. The molecule has 0 amide bonds. The van der Waals surface area contributed by atoms with E-state index in [0.717, 1.165) is 11.3 Å². The van der Waals surface area contributed by atoms with Crippen LogP contribution in [0.3, 0.4) is 0 Å². The van der Waals surface area contributed by atoms with Gasteiger partial charge in [-0.2, -0.15) is 0 Å². The fourth-order valence-corrected chi connectivity index (χ4v) is 1.97. The van der Waals surface area contributed by atoms with E-state index in [1.807, 2.05) is 18.2 Å². The van der Waals surface area contributed by atoms with Gasteiger partial charge in [-0.15, -0.1) is 0 Å². The van der Waals surface area contributed by atoms with E-state index in [9.17, 15) is 0 Å². The Kier molecular flexibility index (Phi) is 4.52. The average molecular weight is 309 g/mol. The fourth-order valence-electron chi connectivity index (χ4n) is 1.53. The molecule has 4 nitrogen and oxygen atoms in total. The predicted octanol–water partition coefficient (Wildman–Crippen LogP) is 2.96. The first-order chi connectivity index (χ1) is 8.85. The van der Waals surface area contributed by atoms with Crippen molar-refractivity contribution >= 4 is 15.9 Å². The number of hydrogen-bond donors (Lipinski definition) is 0. The van der Waals surface area contributed by atoms with Crippen molar-refractivity contribution in [3.05, 3.63) is 48.0 Å². The molecular formula is C13H13BrN2O2. The summed E-state index contributed by atoms with van der Waals surface area (Å²) in [5.41, 5.74) is 1.03. The minimum Gasteiger partial charge on any atom is -0.493 e. The summed E-state index contributed by atoms with van der Waals surface area (Å²) in [5.74, 6) is 2.08. The Morgan fingerprint density at radius 3 is 2.61 bits per heavy atom. The number of alkyl halides is 1. The average Bonchev–Trinajstić information content (AvgIpc) is 2.45. The van der Waals surface area contributed by atoms with Gasteiger partial charge in [-0.25, -0.2) is 9.97 Å². The van der Waals surface area contributed by atoms with Gasteiger partial charge in [0, 0.05) is 23.3 Å². The molecule has 0 radical (unpaired) electrons. The normalized spacial score (nSPS) is 10.1. The van der Waals surface area contributed by atoms with Crippen LogP contribution in [0.15, 0.2) is 36.7 Å². The highest BCUT2D eigenvalue weighted by molar-refractivity contribution is 9.08. The van der Waals surface area contributed by atoms with Gasteiger partial charge >= 0.3 is 0 Å². The molecule has 0 atom stereocenters. The molecule has 0 unspecified atom stereocenters. The second-order valence-electron chi connectivity index (χ2n) is 3.54. The molecule has 0 fully saturated rings. The Bertz CT molecular complexity index is 483. The van der Waals surface area contributed by atoms with Gasteiger partial charge in [0.15, 0.2) is 17.3 Å². The Morgan fingerprint density at radius 2 is 1.94 bits per heavy atom. The first-order valence-corrected chi connectivity index (χ1v) is 6.58. The van der Waals surface area contributed by atoms with Crippen molar-refractivity contribution < 1.29 is 9.47 Å². The highest BCUT2D eigenvalue weighted by atomic mass is 79.9. The Hall–Kier alpha value is -1.62. The van der Waals surface area contributed by atoms with Crippen LogP contribution in [0.25, 0.3) is 0 Å². The summed E-state index contributed by atoms with van der Waals surface area (Å²) in [6.45, 7) is 0.321. The summed E-state index contributed by atoms with van der Waals surface area (Å²) in [6.07, 6.45) is 3.39. The SMILES string of the molecule is COc1cccc(CBr)c1OCc1ncccn1. The van der Waals surface area contributed by atoms with Crippen molar-refractivity contribution in [1.82, 2.24) is 9.97 Å². The lowest BCUT2D eigenvalue weighted by molar-refractivity contribution is 0.274. The predicted molar refractivity (Wildman–Crippen MR) is 72.0 cm³/mol. The van der Waals surface area contributed by atoms with Crippen molar-refractivity contribution in [3.8, 4) is 11.5 Å². The number of para-hydroxylation sites is 1. The molecule has 2 rings (SSSR count). The second-order valence-corrected chi connectivity index (χ2v) is 4.10. The summed E-state index contributed by atoms with van der Waals surface area (Å²) in [7, 11) is 1.62. The van der Waals surface area contributed by atoms with Crippen molar-refractivity contribution in [1.29, 1.82) is 0 Å². The van der Waals surface area contributed by atoms with Crippen LogP contribution in [0.5, 0.6) is 11.5 Å². The zero-order valence-corrected chi connectivity index (χ0v) is 11.6. The number of hydrogen-bond acceptors (Lipinski definition) is 4. The lowest BCUT2D eigenvalue weighted by Gasteiger charge is -2.13. The molecule has 5 heteroatoms. The zero-order valence-electron chi connectivity index (χ0n) is 9.97. The molecule has 18 heavy (non-hydrogen) atoms. The Labute approximate surface area is 114 Å². The van der Waals surface area contributed by atoms with E-state index in [1.54, 1.807) is 25.6 Å². The maximum atomic E-state index is 5.76. The van der Waals surface area contributed by atoms with E-state index in [4.69, 9.17) is 9.47 Å². The van der Waals surface area contributed by atoms with Gasteiger partial charge in [-0.3, -0.25) is 0 Å². The van der Waals surface area contributed by atoms with Crippen molar-refractivity contribution in [2.45, 2.75) is 11.9 Å². The first-order valence-electron chi connectivity index (χ1n) is 5.45. The molecule has 0 saturated carbocycles.